The Bertz CT molecular complexity index is 589. The standard InChI is InChI=1S/C19H26N2O2/c1-23-18-4-2-3-15-16(18)7-8-17(15)21-19(22)11-12-9-13-5-6-14(10-12)20-13/h2-4,12-14,17,20H,5-11H2,1H3,(H,21,22). The van der Waals surface area contributed by atoms with E-state index in [0.29, 0.717) is 24.4 Å². The van der Waals surface area contributed by atoms with E-state index in [-0.39, 0.29) is 11.9 Å². The third kappa shape index (κ3) is 2.97. The molecule has 3 unspecified atom stereocenters. The Labute approximate surface area is 138 Å². The number of amides is 1. The minimum Gasteiger partial charge on any atom is -0.496 e. The van der Waals surface area contributed by atoms with Gasteiger partial charge >= 0.3 is 0 Å². The molecule has 1 aromatic rings. The molecule has 23 heavy (non-hydrogen) atoms. The second kappa shape index (κ2) is 6.16. The van der Waals surface area contributed by atoms with Gasteiger partial charge in [0.1, 0.15) is 5.75 Å². The van der Waals surface area contributed by atoms with Crippen molar-refractivity contribution in [3.63, 3.8) is 0 Å². The number of carbonyl (C=O) groups excluding carboxylic acids is 1. The zero-order valence-corrected chi connectivity index (χ0v) is 13.8. The molecular formula is C19H26N2O2. The number of fused-ring (bicyclic) bond motifs is 3. The second-order valence-electron chi connectivity index (χ2n) is 7.37. The Balaban J connectivity index is 1.37. The van der Waals surface area contributed by atoms with E-state index < -0.39 is 0 Å². The normalized spacial score (nSPS) is 31.7. The molecule has 2 saturated heterocycles. The van der Waals surface area contributed by atoms with Crippen molar-refractivity contribution in [3.8, 4) is 5.75 Å². The summed E-state index contributed by atoms with van der Waals surface area (Å²) in [5.74, 6) is 1.73. The molecule has 124 valence electrons. The molecule has 0 aromatic heterocycles. The van der Waals surface area contributed by atoms with Gasteiger partial charge in [-0.25, -0.2) is 0 Å². The summed E-state index contributed by atoms with van der Waals surface area (Å²) in [5, 5.41) is 6.92. The lowest BCUT2D eigenvalue weighted by Gasteiger charge is -2.29. The van der Waals surface area contributed by atoms with Gasteiger partial charge in [0.2, 0.25) is 5.91 Å². The molecule has 4 nitrogen and oxygen atoms in total. The lowest BCUT2D eigenvalue weighted by Crippen LogP contribution is -2.40. The molecule has 0 spiro atoms. The largest absolute Gasteiger partial charge is 0.496 e. The Morgan fingerprint density at radius 3 is 2.78 bits per heavy atom. The van der Waals surface area contributed by atoms with E-state index in [2.05, 4.69) is 16.7 Å². The summed E-state index contributed by atoms with van der Waals surface area (Å²) in [7, 11) is 1.72. The monoisotopic (exact) mass is 314 g/mol. The quantitative estimate of drug-likeness (QED) is 0.898. The Morgan fingerprint density at radius 1 is 1.26 bits per heavy atom. The molecule has 4 rings (SSSR count). The highest BCUT2D eigenvalue weighted by molar-refractivity contribution is 5.77. The minimum atomic E-state index is 0.158. The minimum absolute atomic E-state index is 0.158. The lowest BCUT2D eigenvalue weighted by atomic mass is 9.89. The molecule has 2 bridgehead atoms. The summed E-state index contributed by atoms with van der Waals surface area (Å²) in [6, 6.07) is 7.62. The number of ether oxygens (including phenoxy) is 1. The van der Waals surface area contributed by atoms with Crippen molar-refractivity contribution in [2.45, 2.75) is 63.1 Å². The Kier molecular flexibility index (Phi) is 4.02. The van der Waals surface area contributed by atoms with E-state index in [1.54, 1.807) is 7.11 Å². The van der Waals surface area contributed by atoms with Crippen molar-refractivity contribution < 1.29 is 9.53 Å². The molecule has 3 atom stereocenters. The SMILES string of the molecule is COc1cccc2c1CCC2NC(=O)CC1CC2CCC(C1)N2. The number of nitrogens with one attached hydrogen (secondary N) is 2. The fourth-order valence-corrected chi connectivity index (χ4v) is 4.82. The maximum atomic E-state index is 12.5. The highest BCUT2D eigenvalue weighted by Gasteiger charge is 2.34. The molecular weight excluding hydrogens is 288 g/mol. The zero-order chi connectivity index (χ0) is 15.8. The van der Waals surface area contributed by atoms with Crippen LogP contribution in [0.25, 0.3) is 0 Å². The van der Waals surface area contributed by atoms with Gasteiger partial charge in [0.15, 0.2) is 0 Å². The first-order valence-corrected chi connectivity index (χ1v) is 8.94. The zero-order valence-electron chi connectivity index (χ0n) is 13.8. The number of hydrogen-bond acceptors (Lipinski definition) is 3. The van der Waals surface area contributed by atoms with E-state index in [4.69, 9.17) is 4.74 Å². The predicted molar refractivity (Wildman–Crippen MR) is 89.5 cm³/mol. The maximum absolute atomic E-state index is 12.5. The molecule has 0 radical (unpaired) electrons. The number of piperidine rings is 1. The van der Waals surface area contributed by atoms with Gasteiger partial charge in [0.05, 0.1) is 13.2 Å². The van der Waals surface area contributed by atoms with E-state index in [1.807, 2.05) is 12.1 Å². The summed E-state index contributed by atoms with van der Waals surface area (Å²) < 4.78 is 5.44. The summed E-state index contributed by atoms with van der Waals surface area (Å²) in [4.78, 5) is 12.5. The summed E-state index contributed by atoms with van der Waals surface area (Å²) in [6.45, 7) is 0. The average molecular weight is 314 g/mol. The van der Waals surface area contributed by atoms with Crippen molar-refractivity contribution in [2.24, 2.45) is 5.92 Å². The van der Waals surface area contributed by atoms with Crippen LogP contribution in [0.1, 0.15) is 55.7 Å². The third-order valence-electron chi connectivity index (χ3n) is 5.83. The number of carbonyl (C=O) groups is 1. The van der Waals surface area contributed by atoms with E-state index >= 15 is 0 Å². The van der Waals surface area contributed by atoms with Gasteiger partial charge in [0, 0.05) is 18.5 Å². The fraction of sp³-hybridized carbons (Fsp3) is 0.632. The molecule has 3 aliphatic rings. The van der Waals surface area contributed by atoms with Crippen LogP contribution in [0.15, 0.2) is 18.2 Å². The van der Waals surface area contributed by atoms with Gasteiger partial charge in [0.25, 0.3) is 0 Å². The van der Waals surface area contributed by atoms with Gasteiger partial charge < -0.3 is 15.4 Å². The molecule has 1 aliphatic carbocycles. The lowest BCUT2D eigenvalue weighted by molar-refractivity contribution is -0.123. The van der Waals surface area contributed by atoms with Crippen molar-refractivity contribution >= 4 is 5.91 Å². The van der Waals surface area contributed by atoms with E-state index in [0.717, 1.165) is 18.6 Å². The first-order chi connectivity index (χ1) is 11.2. The molecule has 2 N–H and O–H groups in total. The van der Waals surface area contributed by atoms with Crippen LogP contribution >= 0.6 is 0 Å². The van der Waals surface area contributed by atoms with Gasteiger partial charge in [-0.2, -0.15) is 0 Å². The summed E-state index contributed by atoms with van der Waals surface area (Å²) >= 11 is 0. The molecule has 2 aliphatic heterocycles. The van der Waals surface area contributed by atoms with Gasteiger partial charge in [-0.05, 0) is 61.6 Å². The second-order valence-corrected chi connectivity index (χ2v) is 7.37. The van der Waals surface area contributed by atoms with Crippen LogP contribution in [-0.2, 0) is 11.2 Å². The van der Waals surface area contributed by atoms with Crippen LogP contribution in [0.4, 0.5) is 0 Å². The molecule has 1 amide bonds. The van der Waals surface area contributed by atoms with Gasteiger partial charge in [-0.3, -0.25) is 4.79 Å². The van der Waals surface area contributed by atoms with Gasteiger partial charge in [-0.15, -0.1) is 0 Å². The van der Waals surface area contributed by atoms with Crippen LogP contribution in [-0.4, -0.2) is 25.1 Å². The van der Waals surface area contributed by atoms with Crippen LogP contribution in [0, 0.1) is 5.92 Å². The summed E-state index contributed by atoms with van der Waals surface area (Å²) in [6.07, 6.45) is 7.57. The topological polar surface area (TPSA) is 50.4 Å². The van der Waals surface area contributed by atoms with Gasteiger partial charge in [-0.1, -0.05) is 12.1 Å². The number of benzene rings is 1. The maximum Gasteiger partial charge on any atom is 0.220 e. The number of rotatable bonds is 4. The number of methoxy groups -OCH3 is 1. The molecule has 4 heteroatoms. The van der Waals surface area contributed by atoms with E-state index in [1.165, 1.54) is 36.8 Å². The van der Waals surface area contributed by atoms with Crippen LogP contribution in [0.2, 0.25) is 0 Å². The summed E-state index contributed by atoms with van der Waals surface area (Å²) in [5.41, 5.74) is 2.50. The fourth-order valence-electron chi connectivity index (χ4n) is 4.82. The molecule has 1 aromatic carbocycles. The third-order valence-corrected chi connectivity index (χ3v) is 5.83. The predicted octanol–water partition coefficient (Wildman–Crippen LogP) is 2.72. The molecule has 2 heterocycles. The molecule has 2 fully saturated rings. The smallest absolute Gasteiger partial charge is 0.220 e. The highest BCUT2D eigenvalue weighted by Crippen LogP contribution is 2.37. The highest BCUT2D eigenvalue weighted by atomic mass is 16.5. The average Bonchev–Trinajstić information content (AvgIpc) is 3.10. The van der Waals surface area contributed by atoms with Crippen LogP contribution in [0.3, 0.4) is 0 Å². The van der Waals surface area contributed by atoms with Crippen LogP contribution < -0.4 is 15.4 Å². The van der Waals surface area contributed by atoms with Crippen molar-refractivity contribution in [1.29, 1.82) is 0 Å². The van der Waals surface area contributed by atoms with Crippen molar-refractivity contribution in [1.82, 2.24) is 10.6 Å². The number of hydrogen-bond donors (Lipinski definition) is 2. The van der Waals surface area contributed by atoms with Crippen LogP contribution in [0.5, 0.6) is 5.75 Å². The molecule has 0 saturated carbocycles. The Morgan fingerprint density at radius 2 is 2.04 bits per heavy atom. The van der Waals surface area contributed by atoms with Crippen molar-refractivity contribution in [2.75, 3.05) is 7.11 Å². The first-order valence-electron chi connectivity index (χ1n) is 8.94. The first kappa shape index (κ1) is 15.0. The van der Waals surface area contributed by atoms with Crippen molar-refractivity contribution in [3.05, 3.63) is 29.3 Å². The Hall–Kier alpha value is -1.55. The van der Waals surface area contributed by atoms with E-state index in [9.17, 15) is 4.79 Å².